The predicted octanol–water partition coefficient (Wildman–Crippen LogP) is 2.18. The number of para-hydroxylation sites is 1. The van der Waals surface area contributed by atoms with Gasteiger partial charge in [0.25, 0.3) is 10.0 Å². The Morgan fingerprint density at radius 3 is 2.64 bits per heavy atom. The van der Waals surface area contributed by atoms with Crippen molar-refractivity contribution in [1.82, 2.24) is 4.31 Å². The van der Waals surface area contributed by atoms with Crippen LogP contribution in [0.3, 0.4) is 0 Å². The van der Waals surface area contributed by atoms with Crippen molar-refractivity contribution in [3.8, 4) is 0 Å². The molecule has 0 fully saturated rings. The number of aromatic carboxylic acids is 1. The van der Waals surface area contributed by atoms with Crippen molar-refractivity contribution in [1.29, 1.82) is 0 Å². The van der Waals surface area contributed by atoms with Gasteiger partial charge in [0.15, 0.2) is 0 Å². The lowest BCUT2D eigenvalue weighted by molar-refractivity contribution is 0.0702. The van der Waals surface area contributed by atoms with Crippen LogP contribution in [0.5, 0.6) is 0 Å². The predicted molar refractivity (Wildman–Crippen MR) is 79.5 cm³/mol. The number of hydrogen-bond acceptors (Lipinski definition) is 5. The van der Waals surface area contributed by atoms with Gasteiger partial charge in [-0.3, -0.25) is 0 Å². The zero-order valence-electron chi connectivity index (χ0n) is 11.0. The van der Waals surface area contributed by atoms with E-state index in [2.05, 4.69) is 5.32 Å². The molecular weight excluding hydrogens is 328 g/mol. The van der Waals surface area contributed by atoms with Crippen LogP contribution in [0.2, 0.25) is 0 Å². The van der Waals surface area contributed by atoms with Crippen molar-refractivity contribution in [3.05, 3.63) is 46.2 Å². The highest BCUT2D eigenvalue weighted by Crippen LogP contribution is 2.31. The molecule has 22 heavy (non-hydrogen) atoms. The second-order valence-corrected chi connectivity index (χ2v) is 7.51. The van der Waals surface area contributed by atoms with Crippen molar-refractivity contribution in [2.24, 2.45) is 0 Å². The highest BCUT2D eigenvalue weighted by Gasteiger charge is 2.36. The van der Waals surface area contributed by atoms with Gasteiger partial charge < -0.3 is 10.4 Å². The minimum Gasteiger partial charge on any atom is -0.477 e. The number of amides is 2. The van der Waals surface area contributed by atoms with Crippen molar-refractivity contribution in [2.45, 2.75) is 11.4 Å². The Balaban J connectivity index is 1.97. The number of fused-ring (bicyclic) bond motifs is 1. The molecule has 2 N–H and O–H groups in total. The summed E-state index contributed by atoms with van der Waals surface area (Å²) in [6.07, 6.45) is 0. The molecule has 0 unspecified atom stereocenters. The molecule has 0 bridgehead atoms. The summed E-state index contributed by atoms with van der Waals surface area (Å²) in [6, 6.07) is 8.23. The van der Waals surface area contributed by atoms with Gasteiger partial charge in [-0.25, -0.2) is 22.3 Å². The number of urea groups is 1. The first-order valence-corrected chi connectivity index (χ1v) is 8.40. The fourth-order valence-corrected chi connectivity index (χ4v) is 4.45. The van der Waals surface area contributed by atoms with Crippen LogP contribution in [-0.2, 0) is 16.6 Å². The molecule has 0 radical (unpaired) electrons. The van der Waals surface area contributed by atoms with Gasteiger partial charge in [-0.05, 0) is 24.3 Å². The third-order valence-electron chi connectivity index (χ3n) is 3.10. The summed E-state index contributed by atoms with van der Waals surface area (Å²) in [5.74, 6) is -1.09. The molecule has 2 amide bonds. The van der Waals surface area contributed by atoms with Crippen LogP contribution in [0.15, 0.2) is 41.3 Å². The highest BCUT2D eigenvalue weighted by atomic mass is 32.2. The lowest BCUT2D eigenvalue weighted by Gasteiger charge is -2.28. The van der Waals surface area contributed by atoms with Crippen molar-refractivity contribution in [3.63, 3.8) is 0 Å². The third-order valence-corrected chi connectivity index (χ3v) is 5.94. The number of rotatable bonds is 3. The van der Waals surface area contributed by atoms with E-state index in [1.807, 2.05) is 0 Å². The van der Waals surface area contributed by atoms with Gasteiger partial charge in [0.05, 0.1) is 12.2 Å². The lowest BCUT2D eigenvalue weighted by atomic mass is 10.3. The number of sulfonamides is 1. The Labute approximate surface area is 129 Å². The number of nitrogens with one attached hydrogen (secondary N) is 1. The normalized spacial score (nSPS) is 16.0. The van der Waals surface area contributed by atoms with E-state index in [9.17, 15) is 18.0 Å². The molecule has 0 saturated heterocycles. The van der Waals surface area contributed by atoms with Crippen molar-refractivity contribution >= 4 is 39.0 Å². The summed E-state index contributed by atoms with van der Waals surface area (Å²) < 4.78 is 25.7. The molecule has 2 aromatic rings. The quantitative estimate of drug-likeness (QED) is 0.893. The van der Waals surface area contributed by atoms with Crippen LogP contribution in [0.25, 0.3) is 0 Å². The van der Waals surface area contributed by atoms with Crippen molar-refractivity contribution in [2.75, 3.05) is 5.32 Å². The van der Waals surface area contributed by atoms with Gasteiger partial charge in [-0.1, -0.05) is 12.1 Å². The Morgan fingerprint density at radius 2 is 1.95 bits per heavy atom. The number of nitrogens with zero attached hydrogens (tertiary/aromatic N) is 1. The van der Waals surface area contributed by atoms with Crippen LogP contribution in [0.1, 0.15) is 14.5 Å². The van der Waals surface area contributed by atoms with Crippen LogP contribution >= 0.6 is 11.3 Å². The number of anilines is 1. The van der Waals surface area contributed by atoms with Gasteiger partial charge in [-0.2, -0.15) is 0 Å². The molecule has 2 heterocycles. The maximum absolute atomic E-state index is 12.5. The zero-order chi connectivity index (χ0) is 15.9. The molecule has 1 aliphatic rings. The standard InChI is InChI=1S/C13H10N2O5S2/c16-12(17)10-6-5-8(21-10)7-15-13(18)14-9-3-1-2-4-11(9)22(15,19)20/h1-6H,7H2,(H,14,18)(H,16,17). The molecular formula is C13H10N2O5S2. The first-order valence-electron chi connectivity index (χ1n) is 6.14. The SMILES string of the molecule is O=C(O)c1ccc(CN2C(=O)Nc3ccccc3S2(=O)=O)s1. The molecule has 9 heteroatoms. The average Bonchev–Trinajstić information content (AvgIpc) is 2.92. The van der Waals surface area contributed by atoms with E-state index < -0.39 is 22.0 Å². The molecule has 1 aromatic heterocycles. The Bertz CT molecular complexity index is 872. The van der Waals surface area contributed by atoms with Gasteiger partial charge in [0.2, 0.25) is 0 Å². The highest BCUT2D eigenvalue weighted by molar-refractivity contribution is 7.90. The maximum Gasteiger partial charge on any atom is 0.345 e. The van der Waals surface area contributed by atoms with Crippen LogP contribution < -0.4 is 5.32 Å². The second kappa shape index (κ2) is 5.11. The van der Waals surface area contributed by atoms with Gasteiger partial charge >= 0.3 is 12.0 Å². The topological polar surface area (TPSA) is 104 Å². The molecule has 7 nitrogen and oxygen atoms in total. The maximum atomic E-state index is 12.5. The number of thiophene rings is 1. The van der Waals surface area contributed by atoms with Crippen LogP contribution in [0.4, 0.5) is 10.5 Å². The molecule has 114 valence electrons. The first kappa shape index (κ1) is 14.5. The van der Waals surface area contributed by atoms with E-state index in [0.29, 0.717) is 9.18 Å². The second-order valence-electron chi connectivity index (χ2n) is 4.51. The van der Waals surface area contributed by atoms with Gasteiger partial charge in [-0.15, -0.1) is 11.3 Å². The van der Waals surface area contributed by atoms with Gasteiger partial charge in [0.1, 0.15) is 9.77 Å². The van der Waals surface area contributed by atoms with E-state index in [1.165, 1.54) is 24.3 Å². The lowest BCUT2D eigenvalue weighted by Crippen LogP contribution is -2.43. The molecule has 3 rings (SSSR count). The summed E-state index contributed by atoms with van der Waals surface area (Å²) in [5, 5.41) is 11.4. The number of carboxylic acids is 1. The van der Waals surface area contributed by atoms with E-state index in [-0.39, 0.29) is 22.0 Å². The van der Waals surface area contributed by atoms with Crippen LogP contribution in [-0.4, -0.2) is 29.8 Å². The first-order chi connectivity index (χ1) is 10.4. The Morgan fingerprint density at radius 1 is 1.23 bits per heavy atom. The minimum atomic E-state index is -3.96. The number of benzene rings is 1. The summed E-state index contributed by atoms with van der Waals surface area (Å²) in [4.78, 5) is 23.5. The molecule has 0 spiro atoms. The summed E-state index contributed by atoms with van der Waals surface area (Å²) in [5.41, 5.74) is 0.237. The Hall–Kier alpha value is -2.39. The summed E-state index contributed by atoms with van der Waals surface area (Å²) in [7, 11) is -3.96. The number of carbonyl (C=O) groups excluding carboxylic acids is 1. The number of carboxylic acid groups (broad SMARTS) is 1. The third kappa shape index (κ3) is 2.34. The molecule has 0 aliphatic carbocycles. The zero-order valence-corrected chi connectivity index (χ0v) is 12.6. The summed E-state index contributed by atoms with van der Waals surface area (Å²) in [6.45, 7) is -0.208. The Kier molecular flexibility index (Phi) is 3.38. The van der Waals surface area contributed by atoms with Crippen molar-refractivity contribution < 1.29 is 23.1 Å². The fourth-order valence-electron chi connectivity index (χ4n) is 2.08. The number of hydrogen-bond donors (Lipinski definition) is 2. The average molecular weight is 338 g/mol. The van der Waals surface area contributed by atoms with E-state index in [4.69, 9.17) is 5.11 Å². The van der Waals surface area contributed by atoms with E-state index >= 15 is 0 Å². The van der Waals surface area contributed by atoms with Gasteiger partial charge in [0, 0.05) is 4.88 Å². The van der Waals surface area contributed by atoms with E-state index in [1.54, 1.807) is 12.1 Å². The van der Waals surface area contributed by atoms with E-state index in [0.717, 1.165) is 11.3 Å². The molecule has 1 aliphatic heterocycles. The molecule has 0 saturated carbocycles. The molecule has 1 aromatic carbocycles. The number of carbonyl (C=O) groups is 2. The monoisotopic (exact) mass is 338 g/mol. The fraction of sp³-hybridized carbons (Fsp3) is 0.0769. The smallest absolute Gasteiger partial charge is 0.345 e. The molecule has 0 atom stereocenters. The summed E-state index contributed by atoms with van der Waals surface area (Å²) >= 11 is 0.933. The van der Waals surface area contributed by atoms with Crippen LogP contribution in [0, 0.1) is 0 Å². The largest absolute Gasteiger partial charge is 0.477 e. The minimum absolute atomic E-state index is 0.0182.